The first-order valence-corrected chi connectivity index (χ1v) is 12.3. The van der Waals surface area contributed by atoms with E-state index in [4.69, 9.17) is 14.7 Å². The molecular formula is C26H26N4O5S. The molecule has 0 aliphatic heterocycles. The third-order valence-electron chi connectivity index (χ3n) is 5.09. The van der Waals surface area contributed by atoms with Crippen LogP contribution >= 0.6 is 0 Å². The van der Waals surface area contributed by atoms with Crippen LogP contribution in [0.25, 0.3) is 0 Å². The predicted molar refractivity (Wildman–Crippen MR) is 137 cm³/mol. The van der Waals surface area contributed by atoms with Crippen LogP contribution in [0, 0.1) is 25.2 Å². The number of aryl methyl sites for hydroxylation is 2. The van der Waals surface area contributed by atoms with Crippen molar-refractivity contribution < 1.29 is 22.7 Å². The average Bonchev–Trinajstić information content (AvgIpc) is 2.87. The van der Waals surface area contributed by atoms with Crippen molar-refractivity contribution in [1.82, 2.24) is 5.43 Å². The molecule has 1 amide bonds. The Hall–Kier alpha value is -4.36. The lowest BCUT2D eigenvalue weighted by atomic mass is 10.2. The van der Waals surface area contributed by atoms with Gasteiger partial charge in [0.1, 0.15) is 24.1 Å². The van der Waals surface area contributed by atoms with Gasteiger partial charge in [-0.3, -0.25) is 9.10 Å². The van der Waals surface area contributed by atoms with Crippen molar-refractivity contribution in [2.45, 2.75) is 18.7 Å². The molecule has 0 radical (unpaired) electrons. The van der Waals surface area contributed by atoms with Gasteiger partial charge in [-0.2, -0.15) is 10.4 Å². The van der Waals surface area contributed by atoms with Crippen LogP contribution in [0.4, 0.5) is 5.69 Å². The molecule has 3 rings (SSSR count). The number of ether oxygens (including phenoxy) is 2. The number of anilines is 1. The molecule has 0 heterocycles. The SMILES string of the molecule is COc1ccc(C)cc1N(CC(=O)N/N=C\c1ccc(OCC#N)cc1)S(=O)(=O)c1ccc(C)cc1. The number of carbonyl (C=O) groups excluding carboxylic acids is 1. The van der Waals surface area contributed by atoms with Gasteiger partial charge in [-0.15, -0.1) is 0 Å². The monoisotopic (exact) mass is 506 g/mol. The highest BCUT2D eigenvalue weighted by Gasteiger charge is 2.29. The van der Waals surface area contributed by atoms with Crippen LogP contribution in [0.3, 0.4) is 0 Å². The fourth-order valence-electron chi connectivity index (χ4n) is 3.24. The van der Waals surface area contributed by atoms with Gasteiger partial charge in [0, 0.05) is 0 Å². The van der Waals surface area contributed by atoms with E-state index in [0.29, 0.717) is 17.1 Å². The van der Waals surface area contributed by atoms with E-state index in [-0.39, 0.29) is 17.2 Å². The van der Waals surface area contributed by atoms with Crippen molar-refractivity contribution in [3.8, 4) is 17.6 Å². The molecule has 0 saturated carbocycles. The summed E-state index contributed by atoms with van der Waals surface area (Å²) in [6.07, 6.45) is 1.41. The summed E-state index contributed by atoms with van der Waals surface area (Å²) in [6.45, 7) is 3.10. The van der Waals surface area contributed by atoms with Crippen LogP contribution in [-0.4, -0.2) is 40.8 Å². The minimum atomic E-state index is -4.10. The van der Waals surface area contributed by atoms with E-state index in [0.717, 1.165) is 15.4 Å². The number of hydrazone groups is 1. The van der Waals surface area contributed by atoms with E-state index in [1.165, 1.54) is 25.5 Å². The van der Waals surface area contributed by atoms with Crippen LogP contribution < -0.4 is 19.2 Å². The highest BCUT2D eigenvalue weighted by atomic mass is 32.2. The number of nitrogens with zero attached hydrogens (tertiary/aromatic N) is 3. The van der Waals surface area contributed by atoms with Crippen LogP contribution in [0.15, 0.2) is 76.7 Å². The molecular weight excluding hydrogens is 480 g/mol. The first kappa shape index (κ1) is 26.2. The quantitative estimate of drug-likeness (QED) is 0.332. The minimum absolute atomic E-state index is 0.0478. The summed E-state index contributed by atoms with van der Waals surface area (Å²) in [5.74, 6) is 0.201. The number of nitrogens with one attached hydrogen (secondary N) is 1. The number of nitriles is 1. The van der Waals surface area contributed by atoms with Gasteiger partial charge in [-0.05, 0) is 73.5 Å². The topological polar surface area (TPSA) is 121 Å². The van der Waals surface area contributed by atoms with Gasteiger partial charge in [0.15, 0.2) is 6.61 Å². The molecule has 3 aromatic rings. The number of amides is 1. The number of hydrogen-bond donors (Lipinski definition) is 1. The number of benzene rings is 3. The van der Waals surface area contributed by atoms with Gasteiger partial charge in [-0.25, -0.2) is 13.8 Å². The largest absolute Gasteiger partial charge is 0.495 e. The first-order chi connectivity index (χ1) is 17.2. The Labute approximate surface area is 210 Å². The van der Waals surface area contributed by atoms with E-state index in [9.17, 15) is 13.2 Å². The molecule has 1 N–H and O–H groups in total. The molecule has 0 fully saturated rings. The molecule has 0 atom stereocenters. The van der Waals surface area contributed by atoms with E-state index in [1.807, 2.05) is 19.9 Å². The summed E-state index contributed by atoms with van der Waals surface area (Å²) in [6, 6.07) is 20.1. The highest BCUT2D eigenvalue weighted by molar-refractivity contribution is 7.92. The zero-order valence-corrected chi connectivity index (χ0v) is 21.0. The van der Waals surface area contributed by atoms with Crippen molar-refractivity contribution >= 4 is 27.8 Å². The Morgan fingerprint density at radius 3 is 2.36 bits per heavy atom. The van der Waals surface area contributed by atoms with Crippen molar-refractivity contribution in [1.29, 1.82) is 5.26 Å². The van der Waals surface area contributed by atoms with E-state index >= 15 is 0 Å². The summed E-state index contributed by atoms with van der Waals surface area (Å²) >= 11 is 0. The van der Waals surface area contributed by atoms with Crippen LogP contribution in [0.5, 0.6) is 11.5 Å². The smallest absolute Gasteiger partial charge is 0.264 e. The molecule has 36 heavy (non-hydrogen) atoms. The zero-order valence-electron chi connectivity index (χ0n) is 20.1. The van der Waals surface area contributed by atoms with Gasteiger partial charge >= 0.3 is 0 Å². The molecule has 9 nitrogen and oxygen atoms in total. The normalized spacial score (nSPS) is 11.1. The maximum atomic E-state index is 13.6. The lowest BCUT2D eigenvalue weighted by Crippen LogP contribution is -2.39. The molecule has 0 unspecified atom stereocenters. The Balaban J connectivity index is 1.83. The van der Waals surface area contributed by atoms with Crippen molar-refractivity contribution in [2.24, 2.45) is 5.10 Å². The molecule has 0 aliphatic carbocycles. The van der Waals surface area contributed by atoms with E-state index in [2.05, 4.69) is 10.5 Å². The predicted octanol–water partition coefficient (Wildman–Crippen LogP) is 3.56. The van der Waals surface area contributed by atoms with Gasteiger partial charge in [0.2, 0.25) is 0 Å². The first-order valence-electron chi connectivity index (χ1n) is 10.9. The van der Waals surface area contributed by atoms with Gasteiger partial charge in [0.05, 0.1) is 23.9 Å². The number of sulfonamides is 1. The minimum Gasteiger partial charge on any atom is -0.495 e. The standard InChI is InChI=1S/C26H26N4O5S/c1-19-4-11-23(12-5-19)36(32,33)30(24-16-20(2)6-13-25(24)34-3)18-26(31)29-28-17-21-7-9-22(10-8-21)35-15-14-27/h4-13,16-17H,15,18H2,1-3H3,(H,29,31)/b28-17-. The Morgan fingerprint density at radius 2 is 1.72 bits per heavy atom. The van der Waals surface area contributed by atoms with Crippen LogP contribution in [-0.2, 0) is 14.8 Å². The summed E-state index contributed by atoms with van der Waals surface area (Å²) in [7, 11) is -2.66. The van der Waals surface area contributed by atoms with Crippen molar-refractivity contribution in [3.05, 3.63) is 83.4 Å². The highest BCUT2D eigenvalue weighted by Crippen LogP contribution is 2.33. The van der Waals surface area contributed by atoms with Crippen molar-refractivity contribution in [3.63, 3.8) is 0 Å². The molecule has 186 valence electrons. The van der Waals surface area contributed by atoms with Crippen LogP contribution in [0.1, 0.15) is 16.7 Å². The van der Waals surface area contributed by atoms with Crippen LogP contribution in [0.2, 0.25) is 0 Å². The molecule has 0 bridgehead atoms. The fourth-order valence-corrected chi connectivity index (χ4v) is 4.67. The summed E-state index contributed by atoms with van der Waals surface area (Å²) in [5, 5.41) is 12.5. The second-order valence-electron chi connectivity index (χ2n) is 7.81. The third-order valence-corrected chi connectivity index (χ3v) is 6.86. The molecule has 0 aromatic heterocycles. The molecule has 10 heteroatoms. The average molecular weight is 507 g/mol. The summed E-state index contributed by atoms with van der Waals surface area (Å²) in [4.78, 5) is 12.8. The fraction of sp³-hybridized carbons (Fsp3) is 0.192. The Kier molecular flexibility index (Phi) is 8.65. The molecule has 3 aromatic carbocycles. The Bertz CT molecular complexity index is 1380. The third kappa shape index (κ3) is 6.61. The lowest BCUT2D eigenvalue weighted by molar-refractivity contribution is -0.119. The maximum Gasteiger partial charge on any atom is 0.264 e. The molecule has 0 spiro atoms. The van der Waals surface area contributed by atoms with Crippen molar-refractivity contribution in [2.75, 3.05) is 24.6 Å². The summed E-state index contributed by atoms with van der Waals surface area (Å²) < 4.78 is 38.8. The van der Waals surface area contributed by atoms with Gasteiger partial charge < -0.3 is 9.47 Å². The van der Waals surface area contributed by atoms with E-state index in [1.54, 1.807) is 54.6 Å². The molecule has 0 saturated heterocycles. The number of methoxy groups -OCH3 is 1. The van der Waals surface area contributed by atoms with E-state index < -0.39 is 22.5 Å². The lowest BCUT2D eigenvalue weighted by Gasteiger charge is -2.25. The summed E-state index contributed by atoms with van der Waals surface area (Å²) in [5.41, 5.74) is 4.99. The molecule has 0 aliphatic rings. The number of hydrogen-bond acceptors (Lipinski definition) is 7. The number of rotatable bonds is 10. The van der Waals surface area contributed by atoms with Gasteiger partial charge in [-0.1, -0.05) is 23.8 Å². The second kappa shape index (κ2) is 11.9. The number of carbonyl (C=O) groups is 1. The zero-order chi connectivity index (χ0) is 26.1. The second-order valence-corrected chi connectivity index (χ2v) is 9.67. The van der Waals surface area contributed by atoms with Gasteiger partial charge in [0.25, 0.3) is 15.9 Å². The maximum absolute atomic E-state index is 13.6. The Morgan fingerprint density at radius 1 is 1.06 bits per heavy atom.